The summed E-state index contributed by atoms with van der Waals surface area (Å²) >= 11 is 1.81. The van der Waals surface area contributed by atoms with Crippen molar-refractivity contribution in [3.63, 3.8) is 0 Å². The molecule has 0 N–H and O–H groups in total. The van der Waals surface area contributed by atoms with Crippen molar-refractivity contribution >= 4 is 31.6 Å². The number of thiophene rings is 1. The smallest absolute Gasteiger partial charge is 0.0888 e. The van der Waals surface area contributed by atoms with E-state index in [1.165, 1.54) is 70.4 Å². The Labute approximate surface area is 219 Å². The Morgan fingerprint density at radius 1 is 0.405 bits per heavy atom. The molecule has 0 saturated heterocycles. The SMILES string of the molecule is c1ccc2c(c1)-c1ccccc1-c1ccc(-c3ccc4sc5cccnc5c4c3)cc1-c1ccccc1-2. The van der Waals surface area contributed by atoms with Crippen LogP contribution in [0.1, 0.15) is 0 Å². The fraction of sp³-hybridized carbons (Fsp3) is 0. The Bertz CT molecular complexity index is 1990. The van der Waals surface area contributed by atoms with Gasteiger partial charge in [0.25, 0.3) is 0 Å². The minimum absolute atomic E-state index is 1.09. The van der Waals surface area contributed by atoms with Gasteiger partial charge in [-0.3, -0.25) is 4.98 Å². The van der Waals surface area contributed by atoms with Crippen molar-refractivity contribution < 1.29 is 0 Å². The summed E-state index contributed by atoms with van der Waals surface area (Å²) in [4.78, 5) is 4.68. The van der Waals surface area contributed by atoms with Gasteiger partial charge in [-0.25, -0.2) is 0 Å². The maximum Gasteiger partial charge on any atom is 0.0888 e. The molecule has 7 aromatic rings. The second-order valence-electron chi connectivity index (χ2n) is 9.56. The zero-order chi connectivity index (χ0) is 24.3. The average Bonchev–Trinajstić information content (AvgIpc) is 3.34. The van der Waals surface area contributed by atoms with Crippen LogP contribution < -0.4 is 0 Å². The van der Waals surface area contributed by atoms with E-state index >= 15 is 0 Å². The van der Waals surface area contributed by atoms with Gasteiger partial charge in [-0.1, -0.05) is 91.0 Å². The number of hydrogen-bond donors (Lipinski definition) is 0. The normalized spacial score (nSPS) is 11.8. The van der Waals surface area contributed by atoms with Crippen LogP contribution in [0.15, 0.2) is 128 Å². The van der Waals surface area contributed by atoms with E-state index in [1.807, 2.05) is 23.6 Å². The van der Waals surface area contributed by atoms with E-state index < -0.39 is 0 Å². The van der Waals surface area contributed by atoms with Crippen molar-refractivity contribution in [3.8, 4) is 55.6 Å². The lowest BCUT2D eigenvalue weighted by Crippen LogP contribution is -1.97. The quantitative estimate of drug-likeness (QED) is 0.224. The number of pyridine rings is 1. The summed E-state index contributed by atoms with van der Waals surface area (Å²) in [5.74, 6) is 0. The minimum Gasteiger partial charge on any atom is -0.255 e. The van der Waals surface area contributed by atoms with Gasteiger partial charge in [0.1, 0.15) is 0 Å². The predicted molar refractivity (Wildman–Crippen MR) is 158 cm³/mol. The highest BCUT2D eigenvalue weighted by atomic mass is 32.1. The minimum atomic E-state index is 1.09. The van der Waals surface area contributed by atoms with Crippen LogP contribution in [0, 0.1) is 0 Å². The number of rotatable bonds is 1. The topological polar surface area (TPSA) is 12.9 Å². The second-order valence-corrected chi connectivity index (χ2v) is 10.6. The molecule has 0 unspecified atom stereocenters. The first-order chi connectivity index (χ1) is 18.3. The third-order valence-electron chi connectivity index (χ3n) is 7.52. The molecule has 0 spiro atoms. The van der Waals surface area contributed by atoms with Gasteiger partial charge in [0, 0.05) is 16.3 Å². The molecule has 8 rings (SSSR count). The van der Waals surface area contributed by atoms with Gasteiger partial charge in [0.15, 0.2) is 0 Å². The number of fused-ring (bicyclic) bond motifs is 11. The highest BCUT2D eigenvalue weighted by Gasteiger charge is 2.21. The zero-order valence-electron chi connectivity index (χ0n) is 20.0. The third kappa shape index (κ3) is 3.13. The summed E-state index contributed by atoms with van der Waals surface area (Å²) < 4.78 is 2.51. The molecule has 1 aliphatic rings. The lowest BCUT2D eigenvalue weighted by atomic mass is 9.80. The van der Waals surface area contributed by atoms with E-state index in [9.17, 15) is 0 Å². The molecule has 2 aromatic heterocycles. The van der Waals surface area contributed by atoms with Gasteiger partial charge >= 0.3 is 0 Å². The largest absolute Gasteiger partial charge is 0.255 e. The lowest BCUT2D eigenvalue weighted by molar-refractivity contribution is 1.44. The Morgan fingerprint density at radius 2 is 0.919 bits per heavy atom. The third-order valence-corrected chi connectivity index (χ3v) is 8.65. The van der Waals surface area contributed by atoms with Crippen LogP contribution in [0.2, 0.25) is 0 Å². The first-order valence-corrected chi connectivity index (χ1v) is 13.4. The van der Waals surface area contributed by atoms with Gasteiger partial charge in [0.2, 0.25) is 0 Å². The molecule has 0 atom stereocenters. The van der Waals surface area contributed by atoms with Gasteiger partial charge in [-0.05, 0) is 86.0 Å². The Morgan fingerprint density at radius 3 is 1.54 bits per heavy atom. The maximum atomic E-state index is 4.68. The van der Waals surface area contributed by atoms with Crippen molar-refractivity contribution in [2.75, 3.05) is 0 Å². The standard InChI is InChI=1S/C35H21NS/c1-2-9-25-24(8-1)26-10-3-4-12-28(26)30-17-15-22(20-31(30)29-13-6-5-11-27(25)29)23-16-18-33-32(21-23)35-34(37-33)14-7-19-36-35/h1-21H. The van der Waals surface area contributed by atoms with Crippen LogP contribution in [0.5, 0.6) is 0 Å². The molecule has 0 radical (unpaired) electrons. The zero-order valence-corrected chi connectivity index (χ0v) is 20.8. The van der Waals surface area contributed by atoms with Crippen LogP contribution in [-0.4, -0.2) is 4.98 Å². The maximum absolute atomic E-state index is 4.68. The predicted octanol–water partition coefficient (Wildman–Crippen LogP) is 10.1. The molecule has 0 saturated carbocycles. The monoisotopic (exact) mass is 487 g/mol. The molecule has 0 aliphatic heterocycles. The summed E-state index contributed by atoms with van der Waals surface area (Å²) in [6.45, 7) is 0. The summed E-state index contributed by atoms with van der Waals surface area (Å²) in [7, 11) is 0. The lowest BCUT2D eigenvalue weighted by Gasteiger charge is -2.23. The van der Waals surface area contributed by atoms with E-state index in [-0.39, 0.29) is 0 Å². The van der Waals surface area contributed by atoms with Crippen molar-refractivity contribution in [2.45, 2.75) is 0 Å². The van der Waals surface area contributed by atoms with Crippen molar-refractivity contribution in [1.82, 2.24) is 4.98 Å². The van der Waals surface area contributed by atoms with Crippen molar-refractivity contribution in [3.05, 3.63) is 128 Å². The highest BCUT2D eigenvalue weighted by Crippen LogP contribution is 2.48. The number of aromatic nitrogens is 1. The van der Waals surface area contributed by atoms with Crippen LogP contribution in [-0.2, 0) is 0 Å². The molecule has 0 bridgehead atoms. The van der Waals surface area contributed by atoms with Crippen LogP contribution in [0.25, 0.3) is 75.9 Å². The molecule has 2 heterocycles. The molecule has 0 fully saturated rings. The van der Waals surface area contributed by atoms with Gasteiger partial charge in [-0.15, -0.1) is 11.3 Å². The molecule has 1 aliphatic carbocycles. The molecule has 5 aromatic carbocycles. The van der Waals surface area contributed by atoms with Gasteiger partial charge in [-0.2, -0.15) is 0 Å². The molecule has 2 heteroatoms. The van der Waals surface area contributed by atoms with E-state index in [2.05, 4.69) is 120 Å². The van der Waals surface area contributed by atoms with Crippen LogP contribution in [0.3, 0.4) is 0 Å². The molecule has 1 nitrogen and oxygen atoms in total. The second kappa shape index (κ2) is 7.99. The number of nitrogens with zero attached hydrogens (tertiary/aromatic N) is 1. The number of hydrogen-bond acceptors (Lipinski definition) is 2. The molecule has 0 amide bonds. The summed E-state index contributed by atoms with van der Waals surface area (Å²) in [6, 6.07) is 44.3. The molecule has 37 heavy (non-hydrogen) atoms. The summed E-state index contributed by atoms with van der Waals surface area (Å²) in [6.07, 6.45) is 1.89. The highest BCUT2D eigenvalue weighted by molar-refractivity contribution is 7.25. The molecule has 172 valence electrons. The average molecular weight is 488 g/mol. The summed E-state index contributed by atoms with van der Waals surface area (Å²) in [5.41, 5.74) is 13.7. The Balaban J connectivity index is 1.41. The first-order valence-electron chi connectivity index (χ1n) is 12.6. The van der Waals surface area contributed by atoms with Gasteiger partial charge < -0.3 is 0 Å². The first kappa shape index (κ1) is 20.6. The van der Waals surface area contributed by atoms with Gasteiger partial charge in [0.05, 0.1) is 10.2 Å². The van der Waals surface area contributed by atoms with Crippen molar-refractivity contribution in [2.24, 2.45) is 0 Å². The van der Waals surface area contributed by atoms with E-state index in [1.54, 1.807) is 0 Å². The summed E-state index contributed by atoms with van der Waals surface area (Å²) in [5, 5.41) is 1.23. The number of benzene rings is 5. The fourth-order valence-electron chi connectivity index (χ4n) is 5.82. The fourth-order valence-corrected chi connectivity index (χ4v) is 6.86. The van der Waals surface area contributed by atoms with Crippen molar-refractivity contribution in [1.29, 1.82) is 0 Å². The van der Waals surface area contributed by atoms with E-state index in [4.69, 9.17) is 0 Å². The Kier molecular flexibility index (Phi) is 4.46. The van der Waals surface area contributed by atoms with E-state index in [0.29, 0.717) is 0 Å². The van der Waals surface area contributed by atoms with E-state index in [0.717, 1.165) is 5.52 Å². The molecular weight excluding hydrogens is 466 g/mol. The Hall–Kier alpha value is -4.53. The van der Waals surface area contributed by atoms with Crippen LogP contribution in [0.4, 0.5) is 0 Å². The molecular formula is C35H21NS. The van der Waals surface area contributed by atoms with Crippen LogP contribution >= 0.6 is 11.3 Å².